The van der Waals surface area contributed by atoms with Gasteiger partial charge in [-0.1, -0.05) is 42.5 Å². The number of rotatable bonds is 5. The zero-order valence-corrected chi connectivity index (χ0v) is 13.0. The third kappa shape index (κ3) is 3.57. The standard InChI is InChI=1S/C19H17N3O2/c20-18(23)17(22-19(24)14-7-2-1-3-8-14)12-15-11-10-13-6-4-5-9-16(13)21-15/h1-11,17H,12H2,(H2,20,23)(H,22,24)/t17-/m0/s1. The lowest BCUT2D eigenvalue weighted by Gasteiger charge is -2.15. The van der Waals surface area contributed by atoms with Crippen molar-refractivity contribution in [1.82, 2.24) is 10.3 Å². The molecule has 0 unspecified atom stereocenters. The van der Waals surface area contributed by atoms with Gasteiger partial charge in [0.1, 0.15) is 6.04 Å². The van der Waals surface area contributed by atoms with Gasteiger partial charge in [0.15, 0.2) is 0 Å². The summed E-state index contributed by atoms with van der Waals surface area (Å²) in [6.45, 7) is 0. The van der Waals surface area contributed by atoms with E-state index in [4.69, 9.17) is 5.73 Å². The van der Waals surface area contributed by atoms with E-state index in [1.165, 1.54) is 0 Å². The molecule has 0 radical (unpaired) electrons. The van der Waals surface area contributed by atoms with Crippen LogP contribution in [-0.2, 0) is 11.2 Å². The Morgan fingerprint density at radius 1 is 0.958 bits per heavy atom. The molecule has 0 aliphatic rings. The number of nitrogens with two attached hydrogens (primary N) is 1. The van der Waals surface area contributed by atoms with Gasteiger partial charge in [-0.05, 0) is 24.3 Å². The maximum Gasteiger partial charge on any atom is 0.251 e. The van der Waals surface area contributed by atoms with E-state index in [1.54, 1.807) is 24.3 Å². The van der Waals surface area contributed by atoms with Gasteiger partial charge in [-0.3, -0.25) is 14.6 Å². The van der Waals surface area contributed by atoms with Crippen LogP contribution in [0.4, 0.5) is 0 Å². The molecule has 1 heterocycles. The zero-order chi connectivity index (χ0) is 16.9. The summed E-state index contributed by atoms with van der Waals surface area (Å²) in [5.74, 6) is -0.922. The quantitative estimate of drug-likeness (QED) is 0.755. The minimum atomic E-state index is -0.814. The molecule has 1 aromatic heterocycles. The number of hydrogen-bond acceptors (Lipinski definition) is 3. The summed E-state index contributed by atoms with van der Waals surface area (Å²) in [6.07, 6.45) is 0.249. The molecule has 0 saturated heterocycles. The average Bonchev–Trinajstić information content (AvgIpc) is 2.61. The van der Waals surface area contributed by atoms with Crippen molar-refractivity contribution in [3.05, 3.63) is 78.0 Å². The molecule has 0 bridgehead atoms. The Morgan fingerprint density at radius 2 is 1.67 bits per heavy atom. The van der Waals surface area contributed by atoms with Crippen LogP contribution in [0, 0.1) is 0 Å². The highest BCUT2D eigenvalue weighted by molar-refractivity contribution is 5.97. The number of aromatic nitrogens is 1. The number of fused-ring (bicyclic) bond motifs is 1. The number of para-hydroxylation sites is 1. The van der Waals surface area contributed by atoms with Crippen LogP contribution < -0.4 is 11.1 Å². The van der Waals surface area contributed by atoms with Gasteiger partial charge in [-0.2, -0.15) is 0 Å². The number of amides is 2. The fourth-order valence-electron chi connectivity index (χ4n) is 2.48. The lowest BCUT2D eigenvalue weighted by Crippen LogP contribution is -2.46. The Hall–Kier alpha value is -3.21. The molecule has 2 aromatic carbocycles. The van der Waals surface area contributed by atoms with Crippen LogP contribution in [0.2, 0.25) is 0 Å². The highest BCUT2D eigenvalue weighted by Crippen LogP contribution is 2.13. The first-order chi connectivity index (χ1) is 11.6. The largest absolute Gasteiger partial charge is 0.368 e. The van der Waals surface area contributed by atoms with Crippen LogP contribution >= 0.6 is 0 Å². The minimum absolute atomic E-state index is 0.249. The van der Waals surface area contributed by atoms with Gasteiger partial charge >= 0.3 is 0 Å². The van der Waals surface area contributed by atoms with Crippen LogP contribution in [-0.4, -0.2) is 22.8 Å². The third-order valence-corrected chi connectivity index (χ3v) is 3.75. The molecule has 3 N–H and O–H groups in total. The number of carbonyl (C=O) groups is 2. The van der Waals surface area contributed by atoms with Gasteiger partial charge in [0.25, 0.3) is 5.91 Å². The van der Waals surface area contributed by atoms with E-state index in [0.717, 1.165) is 10.9 Å². The van der Waals surface area contributed by atoms with Gasteiger partial charge in [-0.15, -0.1) is 0 Å². The third-order valence-electron chi connectivity index (χ3n) is 3.75. The maximum absolute atomic E-state index is 12.2. The summed E-state index contributed by atoms with van der Waals surface area (Å²) in [5.41, 5.74) is 7.46. The van der Waals surface area contributed by atoms with Crippen LogP contribution in [0.1, 0.15) is 16.1 Å². The molecular formula is C19H17N3O2. The second kappa shape index (κ2) is 6.91. The summed E-state index contributed by atoms with van der Waals surface area (Å²) in [5, 5.41) is 3.69. The molecule has 0 aliphatic heterocycles. The molecule has 24 heavy (non-hydrogen) atoms. The van der Waals surface area contributed by atoms with Gasteiger partial charge in [0, 0.05) is 23.1 Å². The predicted octanol–water partition coefficient (Wildman–Crippen LogP) is 2.06. The Labute approximate surface area is 139 Å². The van der Waals surface area contributed by atoms with Crippen LogP contribution in [0.5, 0.6) is 0 Å². The highest BCUT2D eigenvalue weighted by Gasteiger charge is 2.20. The molecule has 0 saturated carbocycles. The summed E-state index contributed by atoms with van der Waals surface area (Å²) < 4.78 is 0. The second-order valence-corrected chi connectivity index (χ2v) is 5.49. The number of nitrogens with one attached hydrogen (secondary N) is 1. The lowest BCUT2D eigenvalue weighted by atomic mass is 10.1. The SMILES string of the molecule is NC(=O)[C@H](Cc1ccc2ccccc2n1)NC(=O)c1ccccc1. The number of pyridine rings is 1. The Morgan fingerprint density at radius 3 is 2.42 bits per heavy atom. The van der Waals surface area contributed by atoms with Crippen molar-refractivity contribution in [3.63, 3.8) is 0 Å². The maximum atomic E-state index is 12.2. The molecule has 2 amide bonds. The summed E-state index contributed by atoms with van der Waals surface area (Å²) in [7, 11) is 0. The van der Waals surface area contributed by atoms with Crippen LogP contribution in [0.25, 0.3) is 10.9 Å². The van der Waals surface area contributed by atoms with Crippen molar-refractivity contribution in [2.24, 2.45) is 5.73 Å². The number of primary amides is 1. The predicted molar refractivity (Wildman–Crippen MR) is 92.3 cm³/mol. The van der Waals surface area contributed by atoms with E-state index in [-0.39, 0.29) is 12.3 Å². The van der Waals surface area contributed by atoms with E-state index in [0.29, 0.717) is 11.3 Å². The van der Waals surface area contributed by atoms with E-state index in [1.807, 2.05) is 42.5 Å². The van der Waals surface area contributed by atoms with Gasteiger partial charge < -0.3 is 11.1 Å². The van der Waals surface area contributed by atoms with E-state index in [2.05, 4.69) is 10.3 Å². The minimum Gasteiger partial charge on any atom is -0.368 e. The summed E-state index contributed by atoms with van der Waals surface area (Å²) >= 11 is 0. The smallest absolute Gasteiger partial charge is 0.251 e. The van der Waals surface area contributed by atoms with Gasteiger partial charge in [0.05, 0.1) is 5.52 Å². The van der Waals surface area contributed by atoms with Crippen molar-refractivity contribution < 1.29 is 9.59 Å². The summed E-state index contributed by atoms with van der Waals surface area (Å²) in [4.78, 5) is 28.5. The first kappa shape index (κ1) is 15.7. The molecule has 0 fully saturated rings. The van der Waals surface area contributed by atoms with Crippen LogP contribution in [0.3, 0.4) is 0 Å². The number of hydrogen-bond donors (Lipinski definition) is 2. The molecule has 0 aliphatic carbocycles. The number of nitrogens with zero attached hydrogens (tertiary/aromatic N) is 1. The van der Waals surface area contributed by atoms with Gasteiger partial charge in [0.2, 0.25) is 5.91 Å². The average molecular weight is 319 g/mol. The normalized spacial score (nSPS) is 11.8. The van der Waals surface area contributed by atoms with Crippen molar-refractivity contribution in [3.8, 4) is 0 Å². The zero-order valence-electron chi connectivity index (χ0n) is 13.0. The number of carbonyl (C=O) groups excluding carboxylic acids is 2. The molecule has 1 atom stereocenters. The fourth-order valence-corrected chi connectivity index (χ4v) is 2.48. The molecule has 5 nitrogen and oxygen atoms in total. The number of benzene rings is 2. The molecule has 5 heteroatoms. The molecule has 0 spiro atoms. The lowest BCUT2D eigenvalue weighted by molar-refractivity contribution is -0.119. The highest BCUT2D eigenvalue weighted by atomic mass is 16.2. The van der Waals surface area contributed by atoms with Crippen molar-refractivity contribution in [2.75, 3.05) is 0 Å². The Kier molecular flexibility index (Phi) is 4.52. The monoisotopic (exact) mass is 319 g/mol. The van der Waals surface area contributed by atoms with Crippen molar-refractivity contribution >= 4 is 22.7 Å². The molecule has 3 aromatic rings. The van der Waals surface area contributed by atoms with Crippen LogP contribution in [0.15, 0.2) is 66.7 Å². The first-order valence-corrected chi connectivity index (χ1v) is 7.63. The van der Waals surface area contributed by atoms with E-state index < -0.39 is 11.9 Å². The molecule has 3 rings (SSSR count). The Balaban J connectivity index is 1.78. The topological polar surface area (TPSA) is 85.1 Å². The Bertz CT molecular complexity index is 878. The van der Waals surface area contributed by atoms with E-state index in [9.17, 15) is 9.59 Å². The van der Waals surface area contributed by atoms with Crippen molar-refractivity contribution in [1.29, 1.82) is 0 Å². The molecule has 120 valence electrons. The van der Waals surface area contributed by atoms with E-state index >= 15 is 0 Å². The van der Waals surface area contributed by atoms with Gasteiger partial charge in [-0.25, -0.2) is 0 Å². The first-order valence-electron chi connectivity index (χ1n) is 7.63. The fraction of sp³-hybridized carbons (Fsp3) is 0.105. The molecular weight excluding hydrogens is 302 g/mol. The van der Waals surface area contributed by atoms with Crippen molar-refractivity contribution in [2.45, 2.75) is 12.5 Å². The summed E-state index contributed by atoms with van der Waals surface area (Å²) in [6, 6.07) is 19.4. The second-order valence-electron chi connectivity index (χ2n) is 5.49.